The molecule has 1 saturated heterocycles. The second-order valence-corrected chi connectivity index (χ2v) is 7.37. The number of ketones is 1. The van der Waals surface area contributed by atoms with Gasteiger partial charge in [-0.1, -0.05) is 11.6 Å². The molecule has 30 heavy (non-hydrogen) atoms. The predicted octanol–water partition coefficient (Wildman–Crippen LogP) is 3.44. The molecule has 1 aromatic carbocycles. The Balaban J connectivity index is 1.71. The third kappa shape index (κ3) is 3.84. The summed E-state index contributed by atoms with van der Waals surface area (Å²) < 4.78 is 1.91. The molecule has 3 heterocycles. The fraction of sp³-hybridized carbons (Fsp3) is 0.182. The first-order valence-electron chi connectivity index (χ1n) is 9.46. The molecule has 3 aromatic rings. The summed E-state index contributed by atoms with van der Waals surface area (Å²) >= 11 is 5.93. The third-order valence-electron chi connectivity index (χ3n) is 5.05. The minimum atomic E-state index is -0.702. The van der Waals surface area contributed by atoms with E-state index < -0.39 is 17.7 Å². The number of carbonyl (C=O) groups excluding carboxylic acids is 2. The maximum Gasteiger partial charge on any atom is 0.295 e. The summed E-state index contributed by atoms with van der Waals surface area (Å²) in [4.78, 5) is 35.3. The van der Waals surface area contributed by atoms with Crippen molar-refractivity contribution in [3.05, 3.63) is 89.2 Å². The number of rotatable bonds is 6. The summed E-state index contributed by atoms with van der Waals surface area (Å²) in [5, 5.41) is 11.4. The van der Waals surface area contributed by atoms with Crippen LogP contribution in [0.5, 0.6) is 0 Å². The summed E-state index contributed by atoms with van der Waals surface area (Å²) in [5.41, 5.74) is 1.20. The molecule has 4 rings (SSSR count). The van der Waals surface area contributed by atoms with Crippen LogP contribution < -0.4 is 0 Å². The molecule has 2 aromatic heterocycles. The second-order valence-electron chi connectivity index (χ2n) is 6.93. The van der Waals surface area contributed by atoms with Gasteiger partial charge in [-0.05, 0) is 48.4 Å². The summed E-state index contributed by atoms with van der Waals surface area (Å²) in [5.74, 6) is -1.55. The first-order valence-corrected chi connectivity index (χ1v) is 9.84. The maximum absolute atomic E-state index is 12.9. The number of imidazole rings is 1. The quantitative estimate of drug-likeness (QED) is 0.373. The molecule has 0 aliphatic carbocycles. The number of amides is 1. The average Bonchev–Trinajstić information content (AvgIpc) is 3.37. The lowest BCUT2D eigenvalue weighted by Crippen LogP contribution is -2.31. The van der Waals surface area contributed by atoms with Crippen molar-refractivity contribution in [1.29, 1.82) is 0 Å². The Morgan fingerprint density at radius 2 is 1.73 bits per heavy atom. The molecule has 1 amide bonds. The van der Waals surface area contributed by atoms with E-state index in [2.05, 4.69) is 9.97 Å². The van der Waals surface area contributed by atoms with Crippen LogP contribution in [0, 0.1) is 0 Å². The van der Waals surface area contributed by atoms with Crippen LogP contribution in [-0.2, 0) is 16.1 Å². The number of aliphatic hydroxyl groups is 1. The van der Waals surface area contributed by atoms with Crippen molar-refractivity contribution in [2.45, 2.75) is 19.0 Å². The lowest BCUT2D eigenvalue weighted by Gasteiger charge is -2.25. The van der Waals surface area contributed by atoms with Crippen LogP contribution in [0.2, 0.25) is 5.02 Å². The van der Waals surface area contributed by atoms with Gasteiger partial charge in [-0.3, -0.25) is 14.6 Å². The number of pyridine rings is 1. The first kappa shape index (κ1) is 19.8. The molecule has 1 aliphatic heterocycles. The van der Waals surface area contributed by atoms with Gasteiger partial charge in [0, 0.05) is 48.5 Å². The molecule has 0 bridgehead atoms. The van der Waals surface area contributed by atoms with Crippen LogP contribution in [0.15, 0.2) is 73.1 Å². The number of nitrogens with zero attached hydrogens (tertiary/aromatic N) is 4. The predicted molar refractivity (Wildman–Crippen MR) is 112 cm³/mol. The Labute approximate surface area is 178 Å². The van der Waals surface area contributed by atoms with E-state index in [0.29, 0.717) is 35.7 Å². The van der Waals surface area contributed by atoms with E-state index in [0.717, 1.165) is 0 Å². The monoisotopic (exact) mass is 422 g/mol. The highest BCUT2D eigenvalue weighted by Crippen LogP contribution is 2.39. The Morgan fingerprint density at radius 1 is 1.00 bits per heavy atom. The van der Waals surface area contributed by atoms with Crippen molar-refractivity contribution in [3.63, 3.8) is 0 Å². The number of aliphatic hydroxyl groups excluding tert-OH is 1. The van der Waals surface area contributed by atoms with Crippen LogP contribution in [-0.4, -0.2) is 42.8 Å². The summed E-state index contributed by atoms with van der Waals surface area (Å²) in [6, 6.07) is 9.29. The molecule has 1 N–H and O–H groups in total. The van der Waals surface area contributed by atoms with Crippen molar-refractivity contribution in [3.8, 4) is 0 Å². The lowest BCUT2D eigenvalue weighted by molar-refractivity contribution is -0.139. The molecule has 0 radical (unpaired) electrons. The minimum absolute atomic E-state index is 0.0659. The smallest absolute Gasteiger partial charge is 0.295 e. The van der Waals surface area contributed by atoms with Gasteiger partial charge in [0.25, 0.3) is 11.7 Å². The molecule has 7 nitrogen and oxygen atoms in total. The zero-order chi connectivity index (χ0) is 21.1. The molecule has 8 heteroatoms. The van der Waals surface area contributed by atoms with Crippen molar-refractivity contribution in [2.75, 3.05) is 6.54 Å². The van der Waals surface area contributed by atoms with Gasteiger partial charge in [-0.15, -0.1) is 0 Å². The van der Waals surface area contributed by atoms with E-state index in [1.54, 1.807) is 61.3 Å². The number of Topliss-reactive ketones (excluding diaryl/α,β-unsaturated/α-hetero) is 1. The number of benzene rings is 1. The number of hydrogen-bond donors (Lipinski definition) is 1. The van der Waals surface area contributed by atoms with Crippen molar-refractivity contribution < 1.29 is 14.7 Å². The maximum atomic E-state index is 12.9. The molecule has 1 atom stereocenters. The van der Waals surface area contributed by atoms with Gasteiger partial charge in [0.05, 0.1) is 17.9 Å². The number of halogens is 1. The zero-order valence-electron chi connectivity index (χ0n) is 16.0. The lowest BCUT2D eigenvalue weighted by atomic mass is 9.96. The van der Waals surface area contributed by atoms with E-state index in [9.17, 15) is 14.7 Å². The molecular formula is C22H19ClN4O3. The highest BCUT2D eigenvalue weighted by atomic mass is 35.5. The average molecular weight is 423 g/mol. The van der Waals surface area contributed by atoms with Gasteiger partial charge >= 0.3 is 0 Å². The van der Waals surface area contributed by atoms with E-state index in [1.165, 1.54) is 4.90 Å². The summed E-state index contributed by atoms with van der Waals surface area (Å²) in [6.07, 6.45) is 9.07. The summed E-state index contributed by atoms with van der Waals surface area (Å²) in [7, 11) is 0. The number of carbonyl (C=O) groups is 2. The van der Waals surface area contributed by atoms with E-state index in [4.69, 9.17) is 11.6 Å². The number of aryl methyl sites for hydroxylation is 1. The van der Waals surface area contributed by atoms with E-state index >= 15 is 0 Å². The molecular weight excluding hydrogens is 404 g/mol. The van der Waals surface area contributed by atoms with Crippen molar-refractivity contribution in [1.82, 2.24) is 19.4 Å². The first-order chi connectivity index (χ1) is 14.6. The number of likely N-dealkylation sites (tertiary alicyclic amines) is 1. The van der Waals surface area contributed by atoms with Crippen LogP contribution in [0.4, 0.5) is 0 Å². The molecule has 0 unspecified atom stereocenters. The van der Waals surface area contributed by atoms with E-state index in [1.807, 2.05) is 10.8 Å². The summed E-state index contributed by atoms with van der Waals surface area (Å²) in [6.45, 7) is 1.01. The Kier molecular flexibility index (Phi) is 5.63. The standard InChI is InChI=1S/C22H19ClN4O3/c23-17-4-2-16(3-5-17)20(28)18-19(15-6-8-24-9-7-15)27(22(30)21(18)29)12-1-11-26-13-10-25-14-26/h2-10,13-14,19,28H,1,11-12H2/b20-18+/t19-/m1/s1. The van der Waals surface area contributed by atoms with Crippen molar-refractivity contribution >= 4 is 29.1 Å². The Bertz CT molecular complexity index is 1080. The fourth-order valence-corrected chi connectivity index (χ4v) is 3.73. The fourth-order valence-electron chi connectivity index (χ4n) is 3.61. The molecule has 0 saturated carbocycles. The topological polar surface area (TPSA) is 88.3 Å². The Morgan fingerprint density at radius 3 is 2.40 bits per heavy atom. The number of hydrogen-bond acceptors (Lipinski definition) is 5. The van der Waals surface area contributed by atoms with Crippen LogP contribution in [0.3, 0.4) is 0 Å². The van der Waals surface area contributed by atoms with E-state index in [-0.39, 0.29) is 11.3 Å². The molecule has 152 valence electrons. The molecule has 1 aliphatic rings. The zero-order valence-corrected chi connectivity index (χ0v) is 16.7. The molecule has 1 fully saturated rings. The van der Waals surface area contributed by atoms with Gasteiger partial charge in [-0.25, -0.2) is 4.98 Å². The third-order valence-corrected chi connectivity index (χ3v) is 5.31. The molecule has 0 spiro atoms. The normalized spacial score (nSPS) is 18.2. The van der Waals surface area contributed by atoms with Crippen LogP contribution in [0.25, 0.3) is 5.76 Å². The minimum Gasteiger partial charge on any atom is -0.507 e. The van der Waals surface area contributed by atoms with Gasteiger partial charge in [0.15, 0.2) is 0 Å². The van der Waals surface area contributed by atoms with Gasteiger partial charge in [-0.2, -0.15) is 0 Å². The highest BCUT2D eigenvalue weighted by molar-refractivity contribution is 6.46. The van der Waals surface area contributed by atoms with Crippen molar-refractivity contribution in [2.24, 2.45) is 0 Å². The SMILES string of the molecule is O=C1C(=O)N(CCCn2ccnc2)[C@H](c2ccncc2)/C1=C(\O)c1ccc(Cl)cc1. The number of aromatic nitrogens is 3. The second kappa shape index (κ2) is 8.51. The van der Waals surface area contributed by atoms with Crippen LogP contribution in [0.1, 0.15) is 23.6 Å². The van der Waals surface area contributed by atoms with Gasteiger partial charge < -0.3 is 14.6 Å². The largest absolute Gasteiger partial charge is 0.507 e. The van der Waals surface area contributed by atoms with Gasteiger partial charge in [0.1, 0.15) is 5.76 Å². The van der Waals surface area contributed by atoms with Crippen LogP contribution >= 0.6 is 11.6 Å². The van der Waals surface area contributed by atoms with Gasteiger partial charge in [0.2, 0.25) is 0 Å². The Hall–Kier alpha value is -3.45. The highest BCUT2D eigenvalue weighted by Gasteiger charge is 2.45.